The lowest BCUT2D eigenvalue weighted by atomic mass is 10.2. The molecule has 22 heavy (non-hydrogen) atoms. The van der Waals surface area contributed by atoms with Crippen LogP contribution >= 0.6 is 35.0 Å². The maximum absolute atomic E-state index is 12.1. The molecule has 2 rings (SSSR count). The molecular weight excluding hydrogens is 341 g/mol. The summed E-state index contributed by atoms with van der Waals surface area (Å²) in [7, 11) is 1.54. The lowest BCUT2D eigenvalue weighted by Crippen LogP contribution is -2.15. The Bertz CT molecular complexity index is 692. The number of hydrogen-bond acceptors (Lipinski definition) is 3. The molecule has 1 amide bonds. The first-order valence-electron chi connectivity index (χ1n) is 6.52. The third kappa shape index (κ3) is 4.32. The standard InChI is InChI=1S/C16H15Cl2NO2S/c1-10-7-13(14(21-2)8-12(10)18)19-16(20)9-22-15-6-4-3-5-11(15)17/h3-8H,9H2,1-2H3,(H,19,20). The Morgan fingerprint density at radius 2 is 1.95 bits per heavy atom. The van der Waals surface area contributed by atoms with Gasteiger partial charge in [0.15, 0.2) is 0 Å². The van der Waals surface area contributed by atoms with E-state index >= 15 is 0 Å². The van der Waals surface area contributed by atoms with Gasteiger partial charge in [-0.3, -0.25) is 4.79 Å². The van der Waals surface area contributed by atoms with Crippen molar-refractivity contribution in [3.05, 3.63) is 52.0 Å². The van der Waals surface area contributed by atoms with E-state index in [2.05, 4.69) is 5.32 Å². The molecule has 0 saturated heterocycles. The molecule has 116 valence electrons. The van der Waals surface area contributed by atoms with E-state index in [9.17, 15) is 4.79 Å². The van der Waals surface area contributed by atoms with Crippen molar-refractivity contribution in [1.29, 1.82) is 0 Å². The van der Waals surface area contributed by atoms with Crippen molar-refractivity contribution >= 4 is 46.6 Å². The third-order valence-corrected chi connectivity index (χ3v) is 4.87. The van der Waals surface area contributed by atoms with E-state index in [-0.39, 0.29) is 11.7 Å². The molecule has 0 atom stereocenters. The monoisotopic (exact) mass is 355 g/mol. The molecule has 0 aromatic heterocycles. The molecule has 2 aromatic carbocycles. The number of anilines is 1. The molecule has 0 bridgehead atoms. The van der Waals surface area contributed by atoms with E-state index < -0.39 is 0 Å². The average molecular weight is 356 g/mol. The van der Waals surface area contributed by atoms with Crippen molar-refractivity contribution in [1.82, 2.24) is 0 Å². The molecule has 6 heteroatoms. The fourth-order valence-corrected chi connectivity index (χ4v) is 3.01. The van der Waals surface area contributed by atoms with Gasteiger partial charge in [-0.1, -0.05) is 35.3 Å². The highest BCUT2D eigenvalue weighted by Gasteiger charge is 2.11. The molecule has 0 aliphatic carbocycles. The van der Waals surface area contributed by atoms with Gasteiger partial charge in [0.25, 0.3) is 0 Å². The zero-order chi connectivity index (χ0) is 16.1. The molecule has 0 saturated carbocycles. The van der Waals surface area contributed by atoms with E-state index in [1.807, 2.05) is 25.1 Å². The summed E-state index contributed by atoms with van der Waals surface area (Å²) in [5.41, 5.74) is 1.48. The molecule has 2 aromatic rings. The van der Waals surface area contributed by atoms with E-state index in [1.54, 1.807) is 18.2 Å². The first-order chi connectivity index (χ1) is 10.5. The molecule has 0 aliphatic rings. The second-order valence-corrected chi connectivity index (χ2v) is 6.40. The number of rotatable bonds is 5. The van der Waals surface area contributed by atoms with Gasteiger partial charge in [0.05, 0.1) is 23.6 Å². The Morgan fingerprint density at radius 3 is 2.64 bits per heavy atom. The minimum absolute atomic E-state index is 0.134. The number of carbonyl (C=O) groups is 1. The van der Waals surface area contributed by atoms with Crippen LogP contribution in [0.2, 0.25) is 10.0 Å². The van der Waals surface area contributed by atoms with Crippen LogP contribution in [0.3, 0.4) is 0 Å². The van der Waals surface area contributed by atoms with Gasteiger partial charge in [-0.25, -0.2) is 0 Å². The highest BCUT2D eigenvalue weighted by molar-refractivity contribution is 8.00. The SMILES string of the molecule is COc1cc(Cl)c(C)cc1NC(=O)CSc1ccccc1Cl. The van der Waals surface area contributed by atoms with Crippen LogP contribution in [0, 0.1) is 6.92 Å². The molecule has 0 fully saturated rings. The number of methoxy groups -OCH3 is 1. The van der Waals surface area contributed by atoms with Crippen LogP contribution in [0.4, 0.5) is 5.69 Å². The summed E-state index contributed by atoms with van der Waals surface area (Å²) in [5.74, 6) is 0.658. The predicted octanol–water partition coefficient (Wildman–Crippen LogP) is 5.04. The molecule has 3 nitrogen and oxygen atoms in total. The van der Waals surface area contributed by atoms with Crippen molar-refractivity contribution in [2.75, 3.05) is 18.2 Å². The zero-order valence-electron chi connectivity index (χ0n) is 12.2. The van der Waals surface area contributed by atoms with Crippen LogP contribution < -0.4 is 10.1 Å². The van der Waals surface area contributed by atoms with Gasteiger partial charge in [0.1, 0.15) is 5.75 Å². The van der Waals surface area contributed by atoms with Gasteiger partial charge < -0.3 is 10.1 Å². The second kappa shape index (κ2) is 7.77. The highest BCUT2D eigenvalue weighted by Crippen LogP contribution is 2.31. The van der Waals surface area contributed by atoms with Crippen LogP contribution in [-0.4, -0.2) is 18.8 Å². The van der Waals surface area contributed by atoms with Gasteiger partial charge in [-0.2, -0.15) is 0 Å². The molecule has 0 unspecified atom stereocenters. The smallest absolute Gasteiger partial charge is 0.234 e. The Kier molecular flexibility index (Phi) is 6.00. The molecular formula is C16H15Cl2NO2S. The topological polar surface area (TPSA) is 38.3 Å². The number of nitrogens with one attached hydrogen (secondary N) is 1. The maximum Gasteiger partial charge on any atom is 0.234 e. The summed E-state index contributed by atoms with van der Waals surface area (Å²) in [6.45, 7) is 1.87. The first-order valence-corrected chi connectivity index (χ1v) is 8.26. The van der Waals surface area contributed by atoms with E-state index in [0.29, 0.717) is 21.5 Å². The Balaban J connectivity index is 2.03. The fraction of sp³-hybridized carbons (Fsp3) is 0.188. The number of thioether (sulfide) groups is 1. The summed E-state index contributed by atoms with van der Waals surface area (Å²) in [6, 6.07) is 10.9. The lowest BCUT2D eigenvalue weighted by molar-refractivity contribution is -0.113. The first kappa shape index (κ1) is 17.0. The third-order valence-electron chi connectivity index (χ3n) is 2.95. The quantitative estimate of drug-likeness (QED) is 0.763. The van der Waals surface area contributed by atoms with Crippen molar-refractivity contribution in [3.63, 3.8) is 0 Å². The second-order valence-electron chi connectivity index (χ2n) is 4.57. The lowest BCUT2D eigenvalue weighted by Gasteiger charge is -2.12. The van der Waals surface area contributed by atoms with Crippen LogP contribution in [0.5, 0.6) is 5.75 Å². The largest absolute Gasteiger partial charge is 0.495 e. The minimum atomic E-state index is -0.134. The zero-order valence-corrected chi connectivity index (χ0v) is 14.5. The van der Waals surface area contributed by atoms with E-state index in [0.717, 1.165) is 10.5 Å². The number of carbonyl (C=O) groups excluding carboxylic acids is 1. The van der Waals surface area contributed by atoms with E-state index in [1.165, 1.54) is 18.9 Å². The Morgan fingerprint density at radius 1 is 1.23 bits per heavy atom. The van der Waals surface area contributed by atoms with Crippen molar-refractivity contribution in [2.24, 2.45) is 0 Å². The molecule has 0 radical (unpaired) electrons. The number of halogens is 2. The summed E-state index contributed by atoms with van der Waals surface area (Å²) < 4.78 is 5.24. The van der Waals surface area contributed by atoms with Crippen molar-refractivity contribution < 1.29 is 9.53 Å². The normalized spacial score (nSPS) is 10.4. The van der Waals surface area contributed by atoms with Crippen LogP contribution in [0.25, 0.3) is 0 Å². The summed E-state index contributed by atoms with van der Waals surface area (Å²) in [4.78, 5) is 13.0. The van der Waals surface area contributed by atoms with Gasteiger partial charge in [0, 0.05) is 16.0 Å². The number of ether oxygens (including phenoxy) is 1. The number of hydrogen-bond donors (Lipinski definition) is 1. The Labute approximate surface area is 144 Å². The summed E-state index contributed by atoms with van der Waals surface area (Å²) in [5, 5.41) is 4.07. The predicted molar refractivity (Wildman–Crippen MR) is 93.5 cm³/mol. The van der Waals surface area contributed by atoms with Crippen molar-refractivity contribution in [2.45, 2.75) is 11.8 Å². The van der Waals surface area contributed by atoms with E-state index in [4.69, 9.17) is 27.9 Å². The van der Waals surface area contributed by atoms with Gasteiger partial charge >= 0.3 is 0 Å². The fourth-order valence-electron chi connectivity index (χ4n) is 1.82. The molecule has 1 N–H and O–H groups in total. The van der Waals surface area contributed by atoms with Crippen LogP contribution in [0.1, 0.15) is 5.56 Å². The van der Waals surface area contributed by atoms with Gasteiger partial charge in [0.2, 0.25) is 5.91 Å². The molecule has 0 heterocycles. The summed E-state index contributed by atoms with van der Waals surface area (Å²) >= 11 is 13.5. The maximum atomic E-state index is 12.1. The number of benzene rings is 2. The number of amides is 1. The Hall–Kier alpha value is -1.36. The van der Waals surface area contributed by atoms with Crippen molar-refractivity contribution in [3.8, 4) is 5.75 Å². The number of aryl methyl sites for hydroxylation is 1. The highest BCUT2D eigenvalue weighted by atomic mass is 35.5. The van der Waals surface area contributed by atoms with Gasteiger partial charge in [-0.15, -0.1) is 11.8 Å². The van der Waals surface area contributed by atoms with Gasteiger partial charge in [-0.05, 0) is 30.7 Å². The van der Waals surface area contributed by atoms with Crippen LogP contribution in [0.15, 0.2) is 41.3 Å². The molecule has 0 aliphatic heterocycles. The minimum Gasteiger partial charge on any atom is -0.495 e. The molecule has 0 spiro atoms. The average Bonchev–Trinajstić information content (AvgIpc) is 2.50. The van der Waals surface area contributed by atoms with Crippen LogP contribution in [-0.2, 0) is 4.79 Å². The summed E-state index contributed by atoms with van der Waals surface area (Å²) in [6.07, 6.45) is 0.